The lowest BCUT2D eigenvalue weighted by Crippen LogP contribution is -2.22. The minimum Gasteiger partial charge on any atom is -0.508 e. The van der Waals surface area contributed by atoms with E-state index >= 15 is 0 Å². The van der Waals surface area contributed by atoms with Gasteiger partial charge in [0.15, 0.2) is 0 Å². The Morgan fingerprint density at radius 3 is 2.22 bits per heavy atom. The van der Waals surface area contributed by atoms with Gasteiger partial charge >= 0.3 is 0 Å². The molecule has 0 aliphatic heterocycles. The Morgan fingerprint density at radius 1 is 1.00 bits per heavy atom. The van der Waals surface area contributed by atoms with Crippen LogP contribution in [0, 0.1) is 6.92 Å². The number of rotatable bonds is 4. The molecule has 0 spiro atoms. The summed E-state index contributed by atoms with van der Waals surface area (Å²) in [6, 6.07) is 11.6. The summed E-state index contributed by atoms with van der Waals surface area (Å²) >= 11 is 0. The molecule has 2 rings (SSSR count). The van der Waals surface area contributed by atoms with Crippen LogP contribution < -0.4 is 5.32 Å². The van der Waals surface area contributed by atoms with E-state index in [9.17, 15) is 5.11 Å². The van der Waals surface area contributed by atoms with Crippen LogP contribution in [0.15, 0.2) is 40.8 Å². The number of aryl methyl sites for hydroxylation is 1. The van der Waals surface area contributed by atoms with Crippen LogP contribution in [0.2, 0.25) is 0 Å². The first-order chi connectivity index (χ1) is 8.56. The normalized spacial score (nSPS) is 14.4. The maximum absolute atomic E-state index is 9.27. The quantitative estimate of drug-likeness (QED) is 0.863. The standard InChI is InChI=1S/C15H19NO2/c1-10-4-9-15(18-10)12(3)16-11(2)13-5-7-14(17)8-6-13/h4-9,11-12,16-17H,1-3H3. The molecule has 3 nitrogen and oxygen atoms in total. The Balaban J connectivity index is 2.02. The largest absolute Gasteiger partial charge is 0.508 e. The molecule has 0 amide bonds. The molecule has 3 heteroatoms. The number of phenolic OH excluding ortho intramolecular Hbond substituents is 1. The second kappa shape index (κ2) is 5.27. The van der Waals surface area contributed by atoms with Crippen LogP contribution in [0.3, 0.4) is 0 Å². The van der Waals surface area contributed by atoms with Gasteiger partial charge in [0.1, 0.15) is 17.3 Å². The van der Waals surface area contributed by atoms with Crippen LogP contribution in [0.4, 0.5) is 0 Å². The van der Waals surface area contributed by atoms with Crippen molar-refractivity contribution in [1.29, 1.82) is 0 Å². The Labute approximate surface area is 107 Å². The van der Waals surface area contributed by atoms with Crippen molar-refractivity contribution in [2.24, 2.45) is 0 Å². The number of aromatic hydroxyl groups is 1. The number of benzene rings is 1. The molecule has 2 unspecified atom stereocenters. The van der Waals surface area contributed by atoms with Crippen LogP contribution in [0.1, 0.15) is 43.0 Å². The van der Waals surface area contributed by atoms with Gasteiger partial charge in [0, 0.05) is 6.04 Å². The van der Waals surface area contributed by atoms with Crippen molar-refractivity contribution >= 4 is 0 Å². The van der Waals surface area contributed by atoms with Gasteiger partial charge in [0.05, 0.1) is 6.04 Å². The summed E-state index contributed by atoms with van der Waals surface area (Å²) in [5.74, 6) is 2.16. The van der Waals surface area contributed by atoms with E-state index in [1.165, 1.54) is 0 Å². The fourth-order valence-corrected chi connectivity index (χ4v) is 2.00. The van der Waals surface area contributed by atoms with Crippen molar-refractivity contribution in [3.05, 3.63) is 53.5 Å². The van der Waals surface area contributed by atoms with Gasteiger partial charge in [-0.3, -0.25) is 0 Å². The fraction of sp³-hybridized carbons (Fsp3) is 0.333. The Bertz CT molecular complexity index is 501. The van der Waals surface area contributed by atoms with E-state index in [2.05, 4.69) is 19.2 Å². The number of furan rings is 1. The van der Waals surface area contributed by atoms with E-state index in [0.29, 0.717) is 5.75 Å². The predicted molar refractivity (Wildman–Crippen MR) is 71.5 cm³/mol. The van der Waals surface area contributed by atoms with E-state index in [4.69, 9.17) is 4.42 Å². The molecule has 1 aromatic heterocycles. The highest BCUT2D eigenvalue weighted by Gasteiger charge is 2.13. The topological polar surface area (TPSA) is 45.4 Å². The highest BCUT2D eigenvalue weighted by molar-refractivity contribution is 5.27. The van der Waals surface area contributed by atoms with Crippen LogP contribution in [-0.2, 0) is 0 Å². The number of hydrogen-bond donors (Lipinski definition) is 2. The lowest BCUT2D eigenvalue weighted by Gasteiger charge is -2.19. The van der Waals surface area contributed by atoms with Crippen molar-refractivity contribution in [3.63, 3.8) is 0 Å². The smallest absolute Gasteiger partial charge is 0.120 e. The molecule has 0 aliphatic rings. The molecule has 0 saturated carbocycles. The maximum atomic E-state index is 9.27. The highest BCUT2D eigenvalue weighted by atomic mass is 16.3. The minimum atomic E-state index is 0.155. The average Bonchev–Trinajstić information content (AvgIpc) is 2.76. The molecule has 0 saturated heterocycles. The zero-order chi connectivity index (χ0) is 13.1. The summed E-state index contributed by atoms with van der Waals surface area (Å²) in [4.78, 5) is 0. The Morgan fingerprint density at radius 2 is 1.67 bits per heavy atom. The first kappa shape index (κ1) is 12.7. The third-order valence-electron chi connectivity index (χ3n) is 3.08. The Kier molecular flexibility index (Phi) is 3.72. The van der Waals surface area contributed by atoms with E-state index in [1.807, 2.05) is 31.2 Å². The van der Waals surface area contributed by atoms with Crippen molar-refractivity contribution < 1.29 is 9.52 Å². The van der Waals surface area contributed by atoms with Gasteiger partial charge in [0.2, 0.25) is 0 Å². The average molecular weight is 245 g/mol. The van der Waals surface area contributed by atoms with Crippen molar-refractivity contribution in [3.8, 4) is 5.75 Å². The zero-order valence-corrected chi connectivity index (χ0v) is 11.0. The summed E-state index contributed by atoms with van der Waals surface area (Å²) in [5, 5.41) is 12.7. The monoisotopic (exact) mass is 245 g/mol. The molecular weight excluding hydrogens is 226 g/mol. The third kappa shape index (κ3) is 2.93. The summed E-state index contributed by atoms with van der Waals surface area (Å²) in [6.45, 7) is 6.12. The van der Waals surface area contributed by atoms with Gasteiger partial charge < -0.3 is 14.8 Å². The molecule has 0 aliphatic carbocycles. The fourth-order valence-electron chi connectivity index (χ4n) is 2.00. The second-order valence-corrected chi connectivity index (χ2v) is 4.65. The second-order valence-electron chi connectivity index (χ2n) is 4.65. The maximum Gasteiger partial charge on any atom is 0.120 e. The van der Waals surface area contributed by atoms with Gasteiger partial charge in [-0.2, -0.15) is 0 Å². The molecule has 0 radical (unpaired) electrons. The van der Waals surface area contributed by atoms with Crippen LogP contribution in [0.5, 0.6) is 5.75 Å². The zero-order valence-electron chi connectivity index (χ0n) is 11.0. The SMILES string of the molecule is Cc1ccc(C(C)NC(C)c2ccc(O)cc2)o1. The molecule has 18 heavy (non-hydrogen) atoms. The third-order valence-corrected chi connectivity index (χ3v) is 3.08. The van der Waals surface area contributed by atoms with Gasteiger partial charge in [-0.1, -0.05) is 12.1 Å². The van der Waals surface area contributed by atoms with E-state index < -0.39 is 0 Å². The number of hydrogen-bond acceptors (Lipinski definition) is 3. The first-order valence-corrected chi connectivity index (χ1v) is 6.17. The lowest BCUT2D eigenvalue weighted by molar-refractivity contribution is 0.392. The van der Waals surface area contributed by atoms with E-state index in [0.717, 1.165) is 17.1 Å². The van der Waals surface area contributed by atoms with Crippen molar-refractivity contribution in [2.45, 2.75) is 32.9 Å². The predicted octanol–water partition coefficient (Wildman–Crippen LogP) is 3.71. The molecule has 96 valence electrons. The first-order valence-electron chi connectivity index (χ1n) is 6.17. The highest BCUT2D eigenvalue weighted by Crippen LogP contribution is 2.22. The summed E-state index contributed by atoms with van der Waals surface area (Å²) in [6.07, 6.45) is 0. The number of nitrogens with one attached hydrogen (secondary N) is 1. The number of phenols is 1. The van der Waals surface area contributed by atoms with Gasteiger partial charge in [-0.25, -0.2) is 0 Å². The lowest BCUT2D eigenvalue weighted by atomic mass is 10.1. The Hall–Kier alpha value is -1.74. The van der Waals surface area contributed by atoms with Gasteiger partial charge in [0.25, 0.3) is 0 Å². The summed E-state index contributed by atoms with van der Waals surface area (Å²) < 4.78 is 5.60. The van der Waals surface area contributed by atoms with Crippen LogP contribution in [0.25, 0.3) is 0 Å². The minimum absolute atomic E-state index is 0.155. The molecular formula is C15H19NO2. The molecule has 0 fully saturated rings. The van der Waals surface area contributed by atoms with Gasteiger partial charge in [-0.05, 0) is 50.6 Å². The summed E-state index contributed by atoms with van der Waals surface area (Å²) in [7, 11) is 0. The molecule has 1 aromatic carbocycles. The van der Waals surface area contributed by atoms with E-state index in [1.54, 1.807) is 12.1 Å². The molecule has 2 atom stereocenters. The molecule has 0 bridgehead atoms. The van der Waals surface area contributed by atoms with Crippen LogP contribution in [-0.4, -0.2) is 5.11 Å². The molecule has 2 aromatic rings. The molecule has 2 N–H and O–H groups in total. The molecule has 1 heterocycles. The van der Waals surface area contributed by atoms with Crippen molar-refractivity contribution in [1.82, 2.24) is 5.32 Å². The van der Waals surface area contributed by atoms with Crippen molar-refractivity contribution in [2.75, 3.05) is 0 Å². The van der Waals surface area contributed by atoms with E-state index in [-0.39, 0.29) is 12.1 Å². The summed E-state index contributed by atoms with van der Waals surface area (Å²) in [5.41, 5.74) is 1.14. The van der Waals surface area contributed by atoms with Crippen LogP contribution >= 0.6 is 0 Å². The van der Waals surface area contributed by atoms with Gasteiger partial charge in [-0.15, -0.1) is 0 Å².